The number of ether oxygens (including phenoxy) is 1. The normalized spacial score (nSPS) is 17.1. The molecule has 1 aliphatic heterocycles. The van der Waals surface area contributed by atoms with Gasteiger partial charge < -0.3 is 15.0 Å². The lowest BCUT2D eigenvalue weighted by Gasteiger charge is -2.33. The van der Waals surface area contributed by atoms with Crippen LogP contribution in [0.4, 0.5) is 4.79 Å². The second kappa shape index (κ2) is 5.85. The Morgan fingerprint density at radius 3 is 2.44 bits per heavy atom. The van der Waals surface area contributed by atoms with E-state index in [1.165, 1.54) is 0 Å². The number of nitrogens with zero attached hydrogens (tertiary/aromatic N) is 2. The first-order valence-electron chi connectivity index (χ1n) is 6.25. The molecule has 1 N–H and O–H groups in total. The molecule has 0 aromatic carbocycles. The molecule has 0 saturated carbocycles. The molecule has 0 bridgehead atoms. The van der Waals surface area contributed by atoms with Crippen molar-refractivity contribution in [2.45, 2.75) is 45.6 Å². The molecule has 0 aliphatic carbocycles. The summed E-state index contributed by atoms with van der Waals surface area (Å²) in [5, 5.41) is 16.3. The molecule has 1 fully saturated rings. The van der Waals surface area contributed by atoms with Crippen LogP contribution in [0.3, 0.4) is 0 Å². The quantitative estimate of drug-likeness (QED) is 0.766. The molecule has 5 heteroatoms. The zero-order valence-corrected chi connectivity index (χ0v) is 11.3. The summed E-state index contributed by atoms with van der Waals surface area (Å²) in [7, 11) is 0. The molecule has 0 atom stereocenters. The first-order valence-corrected chi connectivity index (χ1v) is 6.25. The Morgan fingerprint density at radius 2 is 2.00 bits per heavy atom. The van der Waals surface area contributed by atoms with E-state index in [9.17, 15) is 4.79 Å². The maximum Gasteiger partial charge on any atom is 0.410 e. The van der Waals surface area contributed by atoms with Gasteiger partial charge in [0, 0.05) is 24.7 Å². The van der Waals surface area contributed by atoms with E-state index < -0.39 is 5.60 Å². The van der Waals surface area contributed by atoms with E-state index in [1.807, 2.05) is 26.8 Å². The van der Waals surface area contributed by atoms with Crippen LogP contribution in [0.15, 0.2) is 0 Å². The first-order chi connectivity index (χ1) is 8.33. The molecule has 5 nitrogen and oxygen atoms in total. The number of nitrogens with one attached hydrogen (secondary N) is 1. The lowest BCUT2D eigenvalue weighted by Crippen LogP contribution is -2.42. The number of piperidine rings is 1. The average Bonchev–Trinajstić information content (AvgIpc) is 2.27. The second-order valence-electron chi connectivity index (χ2n) is 5.60. The highest BCUT2D eigenvalue weighted by Crippen LogP contribution is 2.21. The Hall–Kier alpha value is -1.57. The van der Waals surface area contributed by atoms with Crippen LogP contribution in [-0.2, 0) is 4.74 Å². The molecule has 1 saturated heterocycles. The summed E-state index contributed by atoms with van der Waals surface area (Å²) in [6.45, 7) is 6.75. The first kappa shape index (κ1) is 14.5. The maximum absolute atomic E-state index is 11.8. The summed E-state index contributed by atoms with van der Waals surface area (Å²) < 4.78 is 5.30. The minimum absolute atomic E-state index is 0.142. The fourth-order valence-corrected chi connectivity index (χ4v) is 1.97. The predicted octanol–water partition coefficient (Wildman–Crippen LogP) is 2.57. The highest BCUT2D eigenvalue weighted by Gasteiger charge is 2.28. The van der Waals surface area contributed by atoms with Crippen molar-refractivity contribution < 1.29 is 9.53 Å². The lowest BCUT2D eigenvalue weighted by molar-refractivity contribution is 0.0201. The number of hydrogen-bond acceptors (Lipinski definition) is 4. The molecule has 1 aliphatic rings. The van der Waals surface area contributed by atoms with E-state index in [0.717, 1.165) is 12.8 Å². The van der Waals surface area contributed by atoms with Crippen LogP contribution in [0.5, 0.6) is 0 Å². The molecule has 1 rings (SSSR count). The van der Waals surface area contributed by atoms with Crippen molar-refractivity contribution >= 4 is 11.8 Å². The largest absolute Gasteiger partial charge is 0.444 e. The van der Waals surface area contributed by atoms with E-state index in [-0.39, 0.29) is 18.4 Å². The van der Waals surface area contributed by atoms with Crippen LogP contribution < -0.4 is 0 Å². The summed E-state index contributed by atoms with van der Waals surface area (Å²) in [5.74, 6) is 0.142. The molecule has 0 spiro atoms. The molecule has 100 valence electrons. The predicted molar refractivity (Wildman–Crippen MR) is 68.5 cm³/mol. The number of carbonyl (C=O) groups is 1. The van der Waals surface area contributed by atoms with Gasteiger partial charge >= 0.3 is 6.09 Å². The standard InChI is InChI=1S/C13H21N3O2/c1-13(2,3)18-12(17)16-8-5-10(6-9-16)11(15)4-7-14/h10,15H,4-6,8-9H2,1-3H3. The van der Waals surface area contributed by atoms with E-state index in [2.05, 4.69) is 0 Å². The maximum atomic E-state index is 11.8. The van der Waals surface area contributed by atoms with Gasteiger partial charge in [0.2, 0.25) is 0 Å². The Kier molecular flexibility index (Phi) is 4.71. The number of amides is 1. The van der Waals surface area contributed by atoms with E-state index in [4.69, 9.17) is 15.4 Å². The lowest BCUT2D eigenvalue weighted by atomic mass is 9.91. The van der Waals surface area contributed by atoms with Crippen molar-refractivity contribution in [2.24, 2.45) is 5.92 Å². The number of rotatable bonds is 2. The monoisotopic (exact) mass is 251 g/mol. The fraction of sp³-hybridized carbons (Fsp3) is 0.769. The summed E-state index contributed by atoms with van der Waals surface area (Å²) in [5.41, 5.74) is 0.0166. The third kappa shape index (κ3) is 4.36. The Bertz CT molecular complexity index is 357. The third-order valence-corrected chi connectivity index (χ3v) is 2.91. The van der Waals surface area contributed by atoms with Gasteiger partial charge in [-0.1, -0.05) is 0 Å². The minimum atomic E-state index is -0.471. The SMILES string of the molecule is CC(C)(C)OC(=O)N1CCC(C(=N)CC#N)CC1. The molecular formula is C13H21N3O2. The van der Waals surface area contributed by atoms with Crippen LogP contribution in [-0.4, -0.2) is 35.4 Å². The van der Waals surface area contributed by atoms with Crippen molar-refractivity contribution in [2.75, 3.05) is 13.1 Å². The van der Waals surface area contributed by atoms with Crippen molar-refractivity contribution in [3.8, 4) is 6.07 Å². The van der Waals surface area contributed by atoms with Gasteiger partial charge in [0.1, 0.15) is 5.60 Å². The van der Waals surface area contributed by atoms with Gasteiger partial charge in [0.05, 0.1) is 12.5 Å². The molecule has 0 radical (unpaired) electrons. The van der Waals surface area contributed by atoms with Crippen LogP contribution >= 0.6 is 0 Å². The van der Waals surface area contributed by atoms with Crippen LogP contribution in [0.2, 0.25) is 0 Å². The van der Waals surface area contributed by atoms with Gasteiger partial charge in [0.15, 0.2) is 0 Å². The Labute approximate surface area is 108 Å². The molecule has 0 unspecified atom stereocenters. The third-order valence-electron chi connectivity index (χ3n) is 2.91. The topological polar surface area (TPSA) is 77.2 Å². The average molecular weight is 251 g/mol. The zero-order valence-electron chi connectivity index (χ0n) is 11.3. The van der Waals surface area contributed by atoms with Crippen molar-refractivity contribution in [1.82, 2.24) is 4.90 Å². The Morgan fingerprint density at radius 1 is 1.44 bits per heavy atom. The highest BCUT2D eigenvalue weighted by molar-refractivity contribution is 5.85. The van der Waals surface area contributed by atoms with Crippen molar-refractivity contribution in [3.63, 3.8) is 0 Å². The summed E-state index contributed by atoms with van der Waals surface area (Å²) >= 11 is 0. The second-order valence-corrected chi connectivity index (χ2v) is 5.60. The number of likely N-dealkylation sites (tertiary alicyclic amines) is 1. The summed E-state index contributed by atoms with van der Waals surface area (Å²) in [6.07, 6.45) is 1.41. The van der Waals surface area contributed by atoms with Gasteiger partial charge in [-0.05, 0) is 33.6 Å². The molecule has 1 heterocycles. The number of carbonyl (C=O) groups excluding carboxylic acids is 1. The van der Waals surface area contributed by atoms with Crippen LogP contribution in [0.25, 0.3) is 0 Å². The Balaban J connectivity index is 2.42. The molecule has 0 aromatic rings. The van der Waals surface area contributed by atoms with Crippen LogP contribution in [0.1, 0.15) is 40.0 Å². The molecular weight excluding hydrogens is 230 g/mol. The van der Waals surface area contributed by atoms with Crippen molar-refractivity contribution in [3.05, 3.63) is 0 Å². The number of hydrogen-bond donors (Lipinski definition) is 1. The smallest absolute Gasteiger partial charge is 0.410 e. The van der Waals surface area contributed by atoms with Crippen molar-refractivity contribution in [1.29, 1.82) is 10.7 Å². The van der Waals surface area contributed by atoms with Gasteiger partial charge in [-0.25, -0.2) is 4.79 Å². The van der Waals surface area contributed by atoms with E-state index in [0.29, 0.717) is 18.8 Å². The van der Waals surface area contributed by atoms with E-state index in [1.54, 1.807) is 4.90 Å². The van der Waals surface area contributed by atoms with Gasteiger partial charge in [-0.3, -0.25) is 0 Å². The zero-order chi connectivity index (χ0) is 13.8. The number of nitriles is 1. The molecule has 18 heavy (non-hydrogen) atoms. The van der Waals surface area contributed by atoms with Gasteiger partial charge in [-0.2, -0.15) is 5.26 Å². The molecule has 0 aromatic heterocycles. The minimum Gasteiger partial charge on any atom is -0.444 e. The fourth-order valence-electron chi connectivity index (χ4n) is 1.97. The van der Waals surface area contributed by atoms with Crippen LogP contribution in [0, 0.1) is 22.7 Å². The van der Waals surface area contributed by atoms with Gasteiger partial charge in [-0.15, -0.1) is 0 Å². The summed E-state index contributed by atoms with van der Waals surface area (Å²) in [4.78, 5) is 13.5. The molecule has 1 amide bonds. The van der Waals surface area contributed by atoms with Gasteiger partial charge in [0.25, 0.3) is 0 Å². The van der Waals surface area contributed by atoms with E-state index >= 15 is 0 Å². The summed E-state index contributed by atoms with van der Waals surface area (Å²) in [6, 6.07) is 2.00. The highest BCUT2D eigenvalue weighted by atomic mass is 16.6.